The van der Waals surface area contributed by atoms with E-state index in [4.69, 9.17) is 0 Å². The highest BCUT2D eigenvalue weighted by molar-refractivity contribution is 5.83. The van der Waals surface area contributed by atoms with Gasteiger partial charge >= 0.3 is 5.97 Å². The smallest absolute Gasteiger partial charge is 0.303 e. The van der Waals surface area contributed by atoms with Crippen LogP contribution in [0.25, 0.3) is 0 Å². The fourth-order valence-corrected chi connectivity index (χ4v) is 8.84. The maximum Gasteiger partial charge on any atom is 0.303 e. The van der Waals surface area contributed by atoms with Gasteiger partial charge in [0.1, 0.15) is 5.78 Å². The van der Waals surface area contributed by atoms with Crippen molar-refractivity contribution >= 4 is 18.5 Å². The molecule has 4 heteroatoms. The Kier molecular flexibility index (Phi) is 5.23. The van der Waals surface area contributed by atoms with Gasteiger partial charge in [-0.25, -0.2) is 0 Å². The van der Waals surface area contributed by atoms with E-state index in [-0.39, 0.29) is 22.8 Å². The Labute approximate surface area is 175 Å². The predicted molar refractivity (Wildman–Crippen MR) is 115 cm³/mol. The van der Waals surface area contributed by atoms with Crippen molar-refractivity contribution in [2.24, 2.45) is 45.4 Å². The van der Waals surface area contributed by atoms with Gasteiger partial charge in [-0.1, -0.05) is 26.7 Å². The van der Waals surface area contributed by atoms with Crippen molar-refractivity contribution in [1.82, 2.24) is 0 Å². The van der Waals surface area contributed by atoms with Crippen molar-refractivity contribution in [2.75, 3.05) is 0 Å². The number of aliphatic imine (C=N–C) groups is 1. The summed E-state index contributed by atoms with van der Waals surface area (Å²) in [7, 11) is 0. The zero-order valence-electron chi connectivity index (χ0n) is 18.6. The predicted octanol–water partition coefficient (Wildman–Crippen LogP) is 5.54. The molecule has 162 valence electrons. The minimum atomic E-state index is -0.752. The molecule has 8 atom stereocenters. The maximum atomic E-state index is 13.2. The number of nitrogens with zero attached hydrogens (tertiary/aromatic N) is 1. The van der Waals surface area contributed by atoms with Crippen LogP contribution in [0.3, 0.4) is 0 Å². The van der Waals surface area contributed by atoms with Crippen LogP contribution in [0.1, 0.15) is 91.4 Å². The van der Waals surface area contributed by atoms with E-state index in [1.54, 1.807) is 0 Å². The molecular formula is C25H39NO3. The number of carbonyl (C=O) groups excluding carboxylic acids is 1. The minimum Gasteiger partial charge on any atom is -0.481 e. The van der Waals surface area contributed by atoms with Crippen molar-refractivity contribution in [3.63, 3.8) is 0 Å². The summed E-state index contributed by atoms with van der Waals surface area (Å²) in [6, 6.07) is 0. The lowest BCUT2D eigenvalue weighted by atomic mass is 9.44. The molecule has 4 rings (SSSR count). The van der Waals surface area contributed by atoms with Gasteiger partial charge in [0, 0.05) is 18.8 Å². The van der Waals surface area contributed by atoms with E-state index in [9.17, 15) is 14.7 Å². The Morgan fingerprint density at radius 1 is 1.14 bits per heavy atom. The normalized spacial score (nSPS) is 46.2. The molecule has 0 bridgehead atoms. The first kappa shape index (κ1) is 21.1. The molecule has 0 spiro atoms. The van der Waals surface area contributed by atoms with Crippen LogP contribution in [0.5, 0.6) is 0 Å². The van der Waals surface area contributed by atoms with Gasteiger partial charge in [-0.15, -0.1) is 0 Å². The summed E-state index contributed by atoms with van der Waals surface area (Å²) >= 11 is 0. The molecule has 0 aromatic carbocycles. The number of rotatable bonds is 5. The number of carboxylic acid groups (broad SMARTS) is 1. The number of hydrogen-bond acceptors (Lipinski definition) is 3. The topological polar surface area (TPSA) is 66.7 Å². The maximum absolute atomic E-state index is 13.2. The van der Waals surface area contributed by atoms with Gasteiger partial charge < -0.3 is 5.11 Å². The van der Waals surface area contributed by atoms with E-state index in [0.717, 1.165) is 25.7 Å². The molecule has 0 amide bonds. The van der Waals surface area contributed by atoms with Crippen LogP contribution in [0.15, 0.2) is 4.99 Å². The molecular weight excluding hydrogens is 362 g/mol. The molecule has 1 unspecified atom stereocenters. The molecule has 4 fully saturated rings. The molecule has 29 heavy (non-hydrogen) atoms. The van der Waals surface area contributed by atoms with Crippen LogP contribution in [-0.2, 0) is 9.59 Å². The van der Waals surface area contributed by atoms with Crippen LogP contribution in [-0.4, -0.2) is 29.1 Å². The lowest BCUT2D eigenvalue weighted by Crippen LogP contribution is -2.56. The van der Waals surface area contributed by atoms with Gasteiger partial charge in [0.25, 0.3) is 0 Å². The standard InChI is InChI=1S/C25H39NO3/c1-23-12-6-5-7-19(23)20(27)15-16-17-8-9-21(24(17,2)13-10-18(16)23)25(3,26-4)14-11-22(28)29/h16-19,21H,4-15H2,1-3H3,(H,28,29)/t16-,17-,18-,19-,21?,23+,24-,25+/m0/s1. The van der Waals surface area contributed by atoms with Gasteiger partial charge in [0.05, 0.1) is 5.54 Å². The Hall–Kier alpha value is -1.19. The Bertz CT molecular complexity index is 704. The van der Waals surface area contributed by atoms with Gasteiger partial charge in [0.15, 0.2) is 0 Å². The van der Waals surface area contributed by atoms with Gasteiger partial charge in [-0.3, -0.25) is 14.6 Å². The van der Waals surface area contributed by atoms with E-state index in [1.807, 2.05) is 0 Å². The molecule has 0 saturated heterocycles. The molecule has 0 heterocycles. The average Bonchev–Trinajstić information content (AvgIpc) is 3.04. The first-order valence-corrected chi connectivity index (χ1v) is 11.9. The average molecular weight is 402 g/mol. The fraction of sp³-hybridized carbons (Fsp3) is 0.880. The lowest BCUT2D eigenvalue weighted by molar-refractivity contribution is -0.154. The van der Waals surface area contributed by atoms with Crippen LogP contribution in [0.4, 0.5) is 0 Å². The summed E-state index contributed by atoms with van der Waals surface area (Å²) < 4.78 is 0. The molecule has 0 aliphatic heterocycles. The van der Waals surface area contributed by atoms with Crippen molar-refractivity contribution in [3.05, 3.63) is 0 Å². The van der Waals surface area contributed by atoms with E-state index in [0.29, 0.717) is 41.8 Å². The first-order valence-electron chi connectivity index (χ1n) is 11.9. The van der Waals surface area contributed by atoms with Crippen molar-refractivity contribution in [2.45, 2.75) is 96.9 Å². The second-order valence-corrected chi connectivity index (χ2v) is 11.4. The second-order valence-electron chi connectivity index (χ2n) is 11.4. The Morgan fingerprint density at radius 2 is 1.86 bits per heavy atom. The van der Waals surface area contributed by atoms with Crippen molar-refractivity contribution in [3.8, 4) is 0 Å². The Morgan fingerprint density at radius 3 is 2.55 bits per heavy atom. The van der Waals surface area contributed by atoms with E-state index >= 15 is 0 Å². The number of carbonyl (C=O) groups is 2. The SMILES string of the molecule is C=N[C@](C)(CCC(=O)O)C1CC[C@H]2[C@@H]3CC(=O)[C@@H]4CCCC[C@]4(C)[C@H]3CC[C@]12C. The highest BCUT2D eigenvalue weighted by atomic mass is 16.4. The largest absolute Gasteiger partial charge is 0.481 e. The lowest BCUT2D eigenvalue weighted by Gasteiger charge is -2.60. The molecule has 4 aliphatic carbocycles. The number of fused-ring (bicyclic) bond motifs is 5. The zero-order chi connectivity index (χ0) is 21.0. The third-order valence-corrected chi connectivity index (χ3v) is 10.3. The summed E-state index contributed by atoms with van der Waals surface area (Å²) in [4.78, 5) is 29.0. The van der Waals surface area contributed by atoms with Crippen LogP contribution < -0.4 is 0 Å². The van der Waals surface area contributed by atoms with Gasteiger partial charge in [0.2, 0.25) is 0 Å². The second kappa shape index (κ2) is 7.20. The third-order valence-electron chi connectivity index (χ3n) is 10.3. The molecule has 0 aromatic rings. The fourth-order valence-electron chi connectivity index (χ4n) is 8.84. The third kappa shape index (κ3) is 3.11. The van der Waals surface area contributed by atoms with E-state index in [2.05, 4.69) is 32.5 Å². The number of aliphatic carboxylic acids is 1. The summed E-state index contributed by atoms with van der Waals surface area (Å²) in [6.45, 7) is 10.9. The van der Waals surface area contributed by atoms with Crippen LogP contribution >= 0.6 is 0 Å². The van der Waals surface area contributed by atoms with E-state index in [1.165, 1.54) is 32.1 Å². The Balaban J connectivity index is 1.62. The summed E-state index contributed by atoms with van der Waals surface area (Å²) in [5, 5.41) is 9.23. The molecule has 0 aromatic heterocycles. The van der Waals surface area contributed by atoms with Crippen molar-refractivity contribution < 1.29 is 14.7 Å². The molecule has 4 nitrogen and oxygen atoms in total. The summed E-state index contributed by atoms with van der Waals surface area (Å²) in [5.74, 6) is 2.22. The number of hydrogen-bond donors (Lipinski definition) is 1. The zero-order valence-corrected chi connectivity index (χ0v) is 18.6. The summed E-state index contributed by atoms with van der Waals surface area (Å²) in [6.07, 6.45) is 11.0. The molecule has 4 aliphatic rings. The minimum absolute atomic E-state index is 0.147. The van der Waals surface area contributed by atoms with Crippen LogP contribution in [0, 0.1) is 40.4 Å². The highest BCUT2D eigenvalue weighted by Gasteiger charge is 2.63. The van der Waals surface area contributed by atoms with Gasteiger partial charge in [-0.2, -0.15) is 0 Å². The molecule has 1 N–H and O–H groups in total. The van der Waals surface area contributed by atoms with Crippen LogP contribution in [0.2, 0.25) is 0 Å². The quantitative estimate of drug-likeness (QED) is 0.615. The number of Topliss-reactive ketones (excluding diaryl/α,β-unsaturated/α-hetero) is 1. The van der Waals surface area contributed by atoms with Gasteiger partial charge in [-0.05, 0) is 93.1 Å². The molecule has 4 saturated carbocycles. The monoisotopic (exact) mass is 401 g/mol. The number of ketones is 1. The summed E-state index contributed by atoms with van der Waals surface area (Å²) in [5.41, 5.74) is -0.0284. The first-order chi connectivity index (χ1) is 13.7. The number of carboxylic acids is 1. The highest BCUT2D eigenvalue weighted by Crippen LogP contribution is 2.68. The molecule has 0 radical (unpaired) electrons. The van der Waals surface area contributed by atoms with Crippen molar-refractivity contribution in [1.29, 1.82) is 0 Å². The van der Waals surface area contributed by atoms with E-state index < -0.39 is 5.97 Å².